The van der Waals surface area contributed by atoms with Gasteiger partial charge in [0.05, 0.1) is 16.8 Å². The molecule has 0 radical (unpaired) electrons. The van der Waals surface area contributed by atoms with Crippen molar-refractivity contribution in [2.75, 3.05) is 6.61 Å². The van der Waals surface area contributed by atoms with Gasteiger partial charge in [-0.1, -0.05) is 63.5 Å². The standard InChI is InChI=1S/C23H28ClNOS/c1-2-3-4-5-6-7-8-9-16-26-20-13-10-18(11-14-20)23-25-21-15-12-19(24)17-22(21)27-23/h10-15,17H,2-9,16H2,1H3. The molecule has 0 bridgehead atoms. The van der Waals surface area contributed by atoms with Gasteiger partial charge in [-0.2, -0.15) is 0 Å². The molecular weight excluding hydrogens is 374 g/mol. The fraction of sp³-hybridized carbons (Fsp3) is 0.435. The summed E-state index contributed by atoms with van der Waals surface area (Å²) in [6.45, 7) is 3.06. The topological polar surface area (TPSA) is 22.1 Å². The molecule has 0 amide bonds. The van der Waals surface area contributed by atoms with E-state index >= 15 is 0 Å². The van der Waals surface area contributed by atoms with Gasteiger partial charge in [-0.15, -0.1) is 11.3 Å². The molecule has 0 N–H and O–H groups in total. The van der Waals surface area contributed by atoms with E-state index in [0.717, 1.165) is 44.6 Å². The van der Waals surface area contributed by atoms with Gasteiger partial charge < -0.3 is 4.74 Å². The smallest absolute Gasteiger partial charge is 0.124 e. The molecule has 4 heteroatoms. The second kappa shape index (κ2) is 10.7. The number of rotatable bonds is 11. The molecule has 2 aromatic carbocycles. The first-order valence-electron chi connectivity index (χ1n) is 10.1. The van der Waals surface area contributed by atoms with Crippen LogP contribution in [0.5, 0.6) is 5.75 Å². The van der Waals surface area contributed by atoms with Crippen LogP contribution in [0.15, 0.2) is 42.5 Å². The highest BCUT2D eigenvalue weighted by atomic mass is 35.5. The third-order valence-electron chi connectivity index (χ3n) is 4.72. The van der Waals surface area contributed by atoms with Gasteiger partial charge in [0, 0.05) is 10.6 Å². The summed E-state index contributed by atoms with van der Waals surface area (Å²) in [5, 5.41) is 1.77. The Hall–Kier alpha value is -1.58. The Morgan fingerprint density at radius 2 is 1.59 bits per heavy atom. The van der Waals surface area contributed by atoms with Gasteiger partial charge >= 0.3 is 0 Å². The summed E-state index contributed by atoms with van der Waals surface area (Å²) in [4.78, 5) is 4.70. The van der Waals surface area contributed by atoms with Crippen LogP contribution in [0, 0.1) is 0 Å². The molecule has 0 saturated heterocycles. The maximum absolute atomic E-state index is 6.07. The number of benzene rings is 2. The third kappa shape index (κ3) is 6.22. The lowest BCUT2D eigenvalue weighted by molar-refractivity contribution is 0.304. The SMILES string of the molecule is CCCCCCCCCCOc1ccc(-c2nc3ccc(Cl)cc3s2)cc1. The molecule has 1 heterocycles. The maximum Gasteiger partial charge on any atom is 0.124 e. The van der Waals surface area contributed by atoms with Crippen LogP contribution >= 0.6 is 22.9 Å². The lowest BCUT2D eigenvalue weighted by Crippen LogP contribution is -1.97. The molecule has 0 fully saturated rings. The highest BCUT2D eigenvalue weighted by Gasteiger charge is 2.07. The van der Waals surface area contributed by atoms with Crippen molar-refractivity contribution in [1.82, 2.24) is 4.98 Å². The van der Waals surface area contributed by atoms with Gasteiger partial charge in [0.2, 0.25) is 0 Å². The lowest BCUT2D eigenvalue weighted by Gasteiger charge is -2.07. The number of fused-ring (bicyclic) bond motifs is 1. The zero-order valence-corrected chi connectivity index (χ0v) is 17.6. The largest absolute Gasteiger partial charge is 0.494 e. The van der Waals surface area contributed by atoms with Crippen LogP contribution < -0.4 is 4.74 Å². The van der Waals surface area contributed by atoms with E-state index in [4.69, 9.17) is 21.3 Å². The second-order valence-corrected chi connectivity index (χ2v) is 8.45. The van der Waals surface area contributed by atoms with Crippen LogP contribution in [0.3, 0.4) is 0 Å². The molecule has 0 spiro atoms. The number of ether oxygens (including phenoxy) is 1. The van der Waals surface area contributed by atoms with E-state index in [1.807, 2.05) is 30.3 Å². The zero-order chi connectivity index (χ0) is 18.9. The highest BCUT2D eigenvalue weighted by Crippen LogP contribution is 2.32. The van der Waals surface area contributed by atoms with Crippen molar-refractivity contribution in [2.45, 2.75) is 58.3 Å². The molecule has 0 aliphatic heterocycles. The molecule has 2 nitrogen and oxygen atoms in total. The average molecular weight is 402 g/mol. The van der Waals surface area contributed by atoms with Crippen molar-refractivity contribution in [3.8, 4) is 16.3 Å². The predicted octanol–water partition coefficient (Wildman–Crippen LogP) is 8.14. The summed E-state index contributed by atoms with van der Waals surface area (Å²) in [6.07, 6.45) is 10.6. The first-order valence-corrected chi connectivity index (χ1v) is 11.2. The third-order valence-corrected chi connectivity index (χ3v) is 6.02. The van der Waals surface area contributed by atoms with Gasteiger partial charge in [-0.25, -0.2) is 4.98 Å². The van der Waals surface area contributed by atoms with Crippen LogP contribution in [0.25, 0.3) is 20.8 Å². The van der Waals surface area contributed by atoms with E-state index < -0.39 is 0 Å². The number of aromatic nitrogens is 1. The maximum atomic E-state index is 6.07. The van der Waals surface area contributed by atoms with Crippen molar-refractivity contribution in [3.63, 3.8) is 0 Å². The first kappa shape index (κ1) is 20.2. The molecule has 144 valence electrons. The molecule has 3 rings (SSSR count). The average Bonchev–Trinajstić information content (AvgIpc) is 3.10. The Balaban J connectivity index is 1.42. The number of thiazole rings is 1. The number of nitrogens with zero attached hydrogens (tertiary/aromatic N) is 1. The summed E-state index contributed by atoms with van der Waals surface area (Å²) in [5.74, 6) is 0.936. The fourth-order valence-electron chi connectivity index (χ4n) is 3.14. The fourth-order valence-corrected chi connectivity index (χ4v) is 4.39. The van der Waals surface area contributed by atoms with Crippen LogP contribution in [-0.4, -0.2) is 11.6 Å². The number of halogens is 1. The number of unbranched alkanes of at least 4 members (excludes halogenated alkanes) is 7. The predicted molar refractivity (Wildman–Crippen MR) is 118 cm³/mol. The minimum absolute atomic E-state index is 0.752. The Kier molecular flexibility index (Phi) is 7.97. The van der Waals surface area contributed by atoms with E-state index in [1.54, 1.807) is 11.3 Å². The molecule has 0 atom stereocenters. The second-order valence-electron chi connectivity index (χ2n) is 6.98. The Labute approximate surface area is 171 Å². The van der Waals surface area contributed by atoms with Crippen LogP contribution in [0.2, 0.25) is 5.02 Å². The molecule has 3 aromatic rings. The minimum Gasteiger partial charge on any atom is -0.494 e. The Morgan fingerprint density at radius 3 is 2.33 bits per heavy atom. The highest BCUT2D eigenvalue weighted by molar-refractivity contribution is 7.21. The molecule has 0 aliphatic rings. The molecule has 0 aliphatic carbocycles. The van der Waals surface area contributed by atoms with Gasteiger partial charge in [0.1, 0.15) is 10.8 Å². The van der Waals surface area contributed by atoms with E-state index in [0.29, 0.717) is 0 Å². The van der Waals surface area contributed by atoms with E-state index in [2.05, 4.69) is 19.1 Å². The van der Waals surface area contributed by atoms with E-state index in [-0.39, 0.29) is 0 Å². The van der Waals surface area contributed by atoms with Gasteiger partial charge in [-0.3, -0.25) is 0 Å². The normalized spacial score (nSPS) is 11.2. The van der Waals surface area contributed by atoms with Crippen LogP contribution in [-0.2, 0) is 0 Å². The summed E-state index contributed by atoms with van der Waals surface area (Å²) in [6, 6.07) is 14.1. The number of hydrogen-bond donors (Lipinski definition) is 0. The van der Waals surface area contributed by atoms with E-state index in [1.165, 1.54) is 44.9 Å². The monoisotopic (exact) mass is 401 g/mol. The molecule has 0 unspecified atom stereocenters. The summed E-state index contributed by atoms with van der Waals surface area (Å²) >= 11 is 7.73. The summed E-state index contributed by atoms with van der Waals surface area (Å²) in [7, 11) is 0. The summed E-state index contributed by atoms with van der Waals surface area (Å²) in [5.41, 5.74) is 2.11. The molecule has 27 heavy (non-hydrogen) atoms. The van der Waals surface area contributed by atoms with Crippen molar-refractivity contribution in [3.05, 3.63) is 47.5 Å². The molecule has 0 saturated carbocycles. The van der Waals surface area contributed by atoms with Crippen molar-refractivity contribution >= 4 is 33.2 Å². The number of hydrogen-bond acceptors (Lipinski definition) is 3. The van der Waals surface area contributed by atoms with Gasteiger partial charge in [0.15, 0.2) is 0 Å². The first-order chi connectivity index (χ1) is 13.3. The van der Waals surface area contributed by atoms with Gasteiger partial charge in [-0.05, 0) is 48.9 Å². The lowest BCUT2D eigenvalue weighted by atomic mass is 10.1. The van der Waals surface area contributed by atoms with Crippen LogP contribution in [0.1, 0.15) is 58.3 Å². The molecule has 1 aromatic heterocycles. The molecular formula is C23H28ClNOS. The Bertz CT molecular complexity index is 828. The zero-order valence-electron chi connectivity index (χ0n) is 16.0. The minimum atomic E-state index is 0.752. The quantitative estimate of drug-likeness (QED) is 0.302. The van der Waals surface area contributed by atoms with Crippen molar-refractivity contribution < 1.29 is 4.74 Å². The van der Waals surface area contributed by atoms with Crippen molar-refractivity contribution in [1.29, 1.82) is 0 Å². The van der Waals surface area contributed by atoms with Gasteiger partial charge in [0.25, 0.3) is 0 Å². The Morgan fingerprint density at radius 1 is 0.889 bits per heavy atom. The van der Waals surface area contributed by atoms with Crippen molar-refractivity contribution in [2.24, 2.45) is 0 Å². The van der Waals surface area contributed by atoms with Crippen LogP contribution in [0.4, 0.5) is 0 Å². The van der Waals surface area contributed by atoms with E-state index in [9.17, 15) is 0 Å². The summed E-state index contributed by atoms with van der Waals surface area (Å²) < 4.78 is 7.00.